The molecule has 1 unspecified atom stereocenters. The second-order valence-electron chi connectivity index (χ2n) is 8.92. The van der Waals surface area contributed by atoms with Gasteiger partial charge < -0.3 is 9.73 Å². The van der Waals surface area contributed by atoms with Gasteiger partial charge in [0.15, 0.2) is 0 Å². The van der Waals surface area contributed by atoms with Crippen LogP contribution in [0, 0.1) is 16.3 Å². The molecule has 1 aromatic heterocycles. The van der Waals surface area contributed by atoms with E-state index < -0.39 is 11.3 Å². The van der Waals surface area contributed by atoms with E-state index in [1.807, 2.05) is 31.2 Å². The summed E-state index contributed by atoms with van der Waals surface area (Å²) in [5.74, 6) is -0.148. The molecule has 4 aromatic rings. The maximum atomic E-state index is 13.6. The molecule has 9 heteroatoms. The van der Waals surface area contributed by atoms with E-state index in [0.717, 1.165) is 33.1 Å². The van der Waals surface area contributed by atoms with Crippen LogP contribution in [-0.2, 0) is 17.8 Å². The predicted molar refractivity (Wildman–Crippen MR) is 148 cm³/mol. The van der Waals surface area contributed by atoms with Gasteiger partial charge in [0, 0.05) is 27.6 Å². The molecular weight excluding hydrogens is 594 g/mol. The van der Waals surface area contributed by atoms with E-state index in [-0.39, 0.29) is 24.2 Å². The number of carbonyl (C=O) groups is 1. The predicted octanol–water partition coefficient (Wildman–Crippen LogP) is 6.53. The Labute approximate surface area is 224 Å². The number of halogens is 2. The highest BCUT2D eigenvalue weighted by atomic mass is 127. The number of anilines is 1. The number of nitrogens with one attached hydrogen (secondary N) is 1. The molecule has 1 aliphatic carbocycles. The summed E-state index contributed by atoms with van der Waals surface area (Å²) in [7, 11) is 1.55. The third kappa shape index (κ3) is 4.79. The molecule has 3 aromatic carbocycles. The van der Waals surface area contributed by atoms with Crippen LogP contribution in [0.4, 0.5) is 10.1 Å². The van der Waals surface area contributed by atoms with Gasteiger partial charge in [-0.2, -0.15) is 0 Å². The van der Waals surface area contributed by atoms with Crippen molar-refractivity contribution in [3.8, 4) is 11.3 Å². The average Bonchev–Trinajstić information content (AvgIpc) is 3.64. The van der Waals surface area contributed by atoms with Gasteiger partial charge >= 0.3 is 0 Å². The molecule has 1 aliphatic rings. The maximum Gasteiger partial charge on any atom is 0.262 e. The zero-order chi connectivity index (χ0) is 25.6. The average molecular weight is 618 g/mol. The van der Waals surface area contributed by atoms with Crippen molar-refractivity contribution in [3.63, 3.8) is 0 Å². The normalized spacial score (nSPS) is 14.1. The highest BCUT2D eigenvalue weighted by Crippen LogP contribution is 2.48. The van der Waals surface area contributed by atoms with Crippen molar-refractivity contribution in [2.45, 2.75) is 32.2 Å². The van der Waals surface area contributed by atoms with Gasteiger partial charge in [0.2, 0.25) is 0 Å². The van der Waals surface area contributed by atoms with Crippen molar-refractivity contribution >= 4 is 56.4 Å². The topological polar surface area (TPSA) is 82.8 Å². The quantitative estimate of drug-likeness (QED) is 0.182. The molecule has 1 heterocycles. The number of rotatable bonds is 7. The lowest BCUT2D eigenvalue weighted by atomic mass is 10.00. The van der Waals surface area contributed by atoms with Crippen LogP contribution in [0.1, 0.15) is 45.8 Å². The first kappa shape index (κ1) is 24.9. The van der Waals surface area contributed by atoms with Gasteiger partial charge in [-0.3, -0.25) is 13.7 Å². The van der Waals surface area contributed by atoms with E-state index in [2.05, 4.69) is 27.9 Å². The van der Waals surface area contributed by atoms with Crippen LogP contribution in [0.3, 0.4) is 0 Å². The summed E-state index contributed by atoms with van der Waals surface area (Å²) in [6, 6.07) is 15.4. The second-order valence-corrected chi connectivity index (χ2v) is 11.0. The fourth-order valence-corrected chi connectivity index (χ4v) is 5.36. The van der Waals surface area contributed by atoms with Gasteiger partial charge in [-0.1, -0.05) is 12.1 Å². The minimum absolute atomic E-state index is 0.232. The monoisotopic (exact) mass is 618 g/mol. The third-order valence-electron chi connectivity index (χ3n) is 6.42. The first-order chi connectivity index (χ1) is 17.3. The summed E-state index contributed by atoms with van der Waals surface area (Å²) in [6.45, 7) is 2.24. The highest BCUT2D eigenvalue weighted by molar-refractivity contribution is 14.1. The number of carbonyl (C=O) groups excluding carboxylic acids is 1. The van der Waals surface area contributed by atoms with E-state index in [0.29, 0.717) is 33.5 Å². The van der Waals surface area contributed by atoms with Crippen molar-refractivity contribution < 1.29 is 22.4 Å². The molecule has 5 rings (SSSR count). The van der Waals surface area contributed by atoms with Crippen LogP contribution in [0.25, 0.3) is 22.3 Å². The molecule has 186 valence electrons. The first-order valence-electron chi connectivity index (χ1n) is 11.5. The molecule has 1 atom stereocenters. The van der Waals surface area contributed by atoms with Gasteiger partial charge in [-0.05, 0) is 101 Å². The molecule has 0 saturated heterocycles. The molecule has 1 saturated carbocycles. The standard InChI is InChI=1S/C27H24FIN2O4S/c1-15-11-16(3-10-22(15)29)14-31(36(33)34)23-13-24-21(12-20(23)17-4-5-17)25(27(32)30-2)26(35-24)18-6-8-19(28)9-7-18/h3,6-13,17H,4-5,14H2,1-2H3,(H,30,32)(H,33,34). The van der Waals surface area contributed by atoms with Gasteiger partial charge in [-0.15, -0.1) is 0 Å². The summed E-state index contributed by atoms with van der Waals surface area (Å²) in [4.78, 5) is 12.9. The maximum absolute atomic E-state index is 13.6. The van der Waals surface area contributed by atoms with Gasteiger partial charge in [0.05, 0.1) is 17.8 Å². The van der Waals surface area contributed by atoms with Crippen molar-refractivity contribution in [2.75, 3.05) is 11.4 Å². The summed E-state index contributed by atoms with van der Waals surface area (Å²) in [5, 5.41) is 3.29. The second kappa shape index (κ2) is 9.95. The van der Waals surface area contributed by atoms with E-state index in [4.69, 9.17) is 4.42 Å². The molecule has 1 fully saturated rings. The third-order valence-corrected chi connectivity index (χ3v) is 8.33. The fourth-order valence-electron chi connectivity index (χ4n) is 4.44. The minimum atomic E-state index is -2.29. The molecule has 1 amide bonds. The van der Waals surface area contributed by atoms with Crippen molar-refractivity contribution in [1.29, 1.82) is 0 Å². The summed E-state index contributed by atoms with van der Waals surface area (Å²) in [6.07, 6.45) is 1.93. The summed E-state index contributed by atoms with van der Waals surface area (Å²) < 4.78 is 45.2. The van der Waals surface area contributed by atoms with Crippen LogP contribution >= 0.6 is 22.6 Å². The van der Waals surface area contributed by atoms with Gasteiger partial charge in [-0.25, -0.2) is 8.60 Å². The molecule has 0 aliphatic heterocycles. The van der Waals surface area contributed by atoms with Crippen LogP contribution in [0.5, 0.6) is 0 Å². The largest absolute Gasteiger partial charge is 0.455 e. The fraction of sp³-hybridized carbons (Fsp3) is 0.222. The number of aryl methyl sites for hydroxylation is 1. The van der Waals surface area contributed by atoms with Gasteiger partial charge in [0.1, 0.15) is 17.2 Å². The molecule has 0 bridgehead atoms. The summed E-state index contributed by atoms with van der Waals surface area (Å²) >= 11 is -0.0248. The van der Waals surface area contributed by atoms with E-state index in [1.54, 1.807) is 25.2 Å². The Bertz CT molecular complexity index is 1500. The Hall–Kier alpha value is -2.76. The Morgan fingerprint density at radius 1 is 1.19 bits per heavy atom. The van der Waals surface area contributed by atoms with Crippen LogP contribution in [0.2, 0.25) is 0 Å². The minimum Gasteiger partial charge on any atom is -0.455 e. The van der Waals surface area contributed by atoms with Crippen molar-refractivity contribution in [2.24, 2.45) is 0 Å². The molecule has 6 nitrogen and oxygen atoms in total. The van der Waals surface area contributed by atoms with Gasteiger partial charge in [0.25, 0.3) is 17.2 Å². The number of hydrogen-bond donors (Lipinski definition) is 2. The van der Waals surface area contributed by atoms with Crippen molar-refractivity contribution in [1.82, 2.24) is 5.32 Å². The Kier molecular flexibility index (Phi) is 6.88. The number of benzene rings is 3. The molecule has 0 spiro atoms. The SMILES string of the molecule is CNC(=O)c1c(-c2ccc(F)cc2)oc2cc(N(Cc3ccc(I)c(C)c3)S(=O)O)c(C3CC3)cc12. The molecule has 0 radical (unpaired) electrons. The lowest BCUT2D eigenvalue weighted by Gasteiger charge is -2.23. The lowest BCUT2D eigenvalue weighted by Crippen LogP contribution is -2.25. The zero-order valence-electron chi connectivity index (χ0n) is 19.7. The van der Waals surface area contributed by atoms with Crippen LogP contribution < -0.4 is 9.62 Å². The van der Waals surface area contributed by atoms with Crippen LogP contribution in [-0.4, -0.2) is 21.7 Å². The Morgan fingerprint density at radius 2 is 1.92 bits per heavy atom. The molecule has 2 N–H and O–H groups in total. The first-order valence-corrected chi connectivity index (χ1v) is 13.6. The number of furan rings is 1. The van der Waals surface area contributed by atoms with E-state index in [9.17, 15) is 17.9 Å². The number of nitrogens with zero attached hydrogens (tertiary/aromatic N) is 1. The Morgan fingerprint density at radius 3 is 2.53 bits per heavy atom. The lowest BCUT2D eigenvalue weighted by molar-refractivity contribution is 0.0964. The van der Waals surface area contributed by atoms with E-state index >= 15 is 0 Å². The number of fused-ring (bicyclic) bond motifs is 1. The smallest absolute Gasteiger partial charge is 0.262 e. The highest BCUT2D eigenvalue weighted by Gasteiger charge is 2.32. The molecular formula is C27H24FIN2O4S. The zero-order valence-corrected chi connectivity index (χ0v) is 22.7. The number of amides is 1. The molecule has 36 heavy (non-hydrogen) atoms. The van der Waals surface area contributed by atoms with Crippen molar-refractivity contribution in [3.05, 3.63) is 86.2 Å². The summed E-state index contributed by atoms with van der Waals surface area (Å²) in [5.41, 5.74) is 4.86. The Balaban J connectivity index is 1.68. The van der Waals surface area contributed by atoms with Crippen LogP contribution in [0.15, 0.2) is 59.0 Å². The number of hydrogen-bond acceptors (Lipinski definition) is 3. The van der Waals surface area contributed by atoms with E-state index in [1.165, 1.54) is 16.4 Å².